The van der Waals surface area contributed by atoms with Crippen molar-refractivity contribution in [2.45, 2.75) is 38.8 Å². The summed E-state index contributed by atoms with van der Waals surface area (Å²) in [7, 11) is 5.58. The molecule has 0 aromatic heterocycles. The van der Waals surface area contributed by atoms with Crippen LogP contribution in [0.15, 0.2) is 24.3 Å². The second kappa shape index (κ2) is 6.46. The zero-order valence-corrected chi connectivity index (χ0v) is 11.8. The summed E-state index contributed by atoms with van der Waals surface area (Å²) in [5, 5.41) is 11.5. The third kappa shape index (κ3) is 5.78. The predicted octanol–water partition coefficient (Wildman–Crippen LogP) is 1.52. The van der Waals surface area contributed by atoms with Crippen LogP contribution in [0.3, 0.4) is 0 Å². The van der Waals surface area contributed by atoms with Gasteiger partial charge in [0.2, 0.25) is 0 Å². The minimum Gasteiger partial charge on any atom is -0.481 e. The molecule has 0 unspecified atom stereocenters. The fraction of sp³-hybridized carbons (Fsp3) is 0.429. The minimum absolute atomic E-state index is 0.233. The van der Waals surface area contributed by atoms with E-state index in [4.69, 9.17) is 17.7 Å². The summed E-state index contributed by atoms with van der Waals surface area (Å²) in [5.41, 5.74) is 0.589. The molecule has 0 aliphatic carbocycles. The summed E-state index contributed by atoms with van der Waals surface area (Å²) in [6.07, 6.45) is -0.885. The number of ether oxygens (including phenoxy) is 1. The van der Waals surface area contributed by atoms with Gasteiger partial charge in [0.1, 0.15) is 13.4 Å². The molecular formula is C14H18BNO4. The molecule has 2 radical (unpaired) electrons. The molecule has 0 heterocycles. The SMILES string of the molecule is [B]c1ccc([C@H](CC(=O)O)NC(=O)OC(C)(C)C)cc1. The lowest BCUT2D eigenvalue weighted by atomic mass is 9.93. The topological polar surface area (TPSA) is 75.6 Å². The molecule has 0 saturated carbocycles. The molecule has 0 bridgehead atoms. The fourth-order valence-electron chi connectivity index (χ4n) is 1.60. The number of benzene rings is 1. The summed E-state index contributed by atoms with van der Waals surface area (Å²) in [5.74, 6) is -1.01. The maximum Gasteiger partial charge on any atom is 0.408 e. The first kappa shape index (κ1) is 16.1. The van der Waals surface area contributed by atoms with Crippen LogP contribution in [0.4, 0.5) is 4.79 Å². The van der Waals surface area contributed by atoms with Crippen LogP contribution in [-0.2, 0) is 9.53 Å². The normalized spacial score (nSPS) is 12.6. The van der Waals surface area contributed by atoms with Gasteiger partial charge in [0.15, 0.2) is 0 Å². The average Bonchev–Trinajstić information content (AvgIpc) is 2.25. The van der Waals surface area contributed by atoms with Crippen LogP contribution in [0.25, 0.3) is 0 Å². The van der Waals surface area contributed by atoms with Crippen LogP contribution >= 0.6 is 0 Å². The Bertz CT molecular complexity index is 479. The van der Waals surface area contributed by atoms with Crippen LogP contribution in [0.1, 0.15) is 38.8 Å². The van der Waals surface area contributed by atoms with Gasteiger partial charge >= 0.3 is 12.1 Å². The van der Waals surface area contributed by atoms with E-state index in [1.165, 1.54) is 0 Å². The number of aliphatic carboxylic acids is 1. The Morgan fingerprint density at radius 1 is 1.30 bits per heavy atom. The predicted molar refractivity (Wildman–Crippen MR) is 76.2 cm³/mol. The second-order valence-corrected chi connectivity index (χ2v) is 5.46. The molecule has 20 heavy (non-hydrogen) atoms. The van der Waals surface area contributed by atoms with E-state index in [2.05, 4.69) is 5.32 Å². The van der Waals surface area contributed by atoms with Crippen LogP contribution < -0.4 is 10.8 Å². The van der Waals surface area contributed by atoms with E-state index in [1.807, 2.05) is 0 Å². The van der Waals surface area contributed by atoms with Crippen molar-refractivity contribution in [1.29, 1.82) is 0 Å². The zero-order valence-electron chi connectivity index (χ0n) is 11.8. The maximum absolute atomic E-state index is 11.7. The van der Waals surface area contributed by atoms with Crippen LogP contribution in [0.2, 0.25) is 0 Å². The standard InChI is InChI=1S/C14H18BNO4/c1-14(2,3)20-13(19)16-11(8-12(17)18)9-4-6-10(15)7-5-9/h4-7,11H,8H2,1-3H3,(H,16,19)(H,17,18)/t11-/m0/s1. The molecule has 2 N–H and O–H groups in total. The van der Waals surface area contributed by atoms with Crippen molar-refractivity contribution in [2.75, 3.05) is 0 Å². The van der Waals surface area contributed by atoms with Crippen LogP contribution in [-0.4, -0.2) is 30.6 Å². The van der Waals surface area contributed by atoms with Crippen molar-refractivity contribution >= 4 is 25.4 Å². The lowest BCUT2D eigenvalue weighted by Gasteiger charge is -2.23. The molecule has 0 saturated heterocycles. The van der Waals surface area contributed by atoms with E-state index in [9.17, 15) is 9.59 Å². The summed E-state index contributed by atoms with van der Waals surface area (Å²) in [6, 6.07) is 6.01. The largest absolute Gasteiger partial charge is 0.481 e. The molecule has 5 nitrogen and oxygen atoms in total. The van der Waals surface area contributed by atoms with Gasteiger partial charge in [-0.3, -0.25) is 4.79 Å². The van der Waals surface area contributed by atoms with E-state index in [-0.39, 0.29) is 6.42 Å². The van der Waals surface area contributed by atoms with Crippen molar-refractivity contribution in [2.24, 2.45) is 0 Å². The average molecular weight is 275 g/mol. The van der Waals surface area contributed by atoms with Gasteiger partial charge in [-0.2, -0.15) is 0 Å². The number of carboxylic acid groups (broad SMARTS) is 1. The quantitative estimate of drug-likeness (QED) is 0.817. The maximum atomic E-state index is 11.7. The zero-order chi connectivity index (χ0) is 15.3. The van der Waals surface area contributed by atoms with Gasteiger partial charge in [0, 0.05) is 0 Å². The Kier molecular flexibility index (Phi) is 5.19. The molecule has 6 heteroatoms. The smallest absolute Gasteiger partial charge is 0.408 e. The highest BCUT2D eigenvalue weighted by molar-refractivity contribution is 6.32. The highest BCUT2D eigenvalue weighted by atomic mass is 16.6. The number of hydrogen-bond donors (Lipinski definition) is 2. The van der Waals surface area contributed by atoms with Crippen LogP contribution in [0, 0.1) is 0 Å². The molecule has 106 valence electrons. The van der Waals surface area contributed by atoms with Crippen molar-refractivity contribution < 1.29 is 19.4 Å². The van der Waals surface area contributed by atoms with Crippen molar-refractivity contribution in [3.63, 3.8) is 0 Å². The van der Waals surface area contributed by atoms with Gasteiger partial charge in [0.25, 0.3) is 0 Å². The van der Waals surface area contributed by atoms with E-state index in [0.717, 1.165) is 0 Å². The number of rotatable bonds is 4. The molecule has 1 aromatic carbocycles. The van der Waals surface area contributed by atoms with Gasteiger partial charge < -0.3 is 15.2 Å². The third-order valence-corrected chi connectivity index (χ3v) is 2.41. The molecule has 1 atom stereocenters. The highest BCUT2D eigenvalue weighted by Crippen LogP contribution is 2.17. The summed E-state index contributed by atoms with van der Waals surface area (Å²) < 4.78 is 5.13. The lowest BCUT2D eigenvalue weighted by molar-refractivity contribution is -0.137. The van der Waals surface area contributed by atoms with Gasteiger partial charge in [-0.25, -0.2) is 4.79 Å². The number of carbonyl (C=O) groups excluding carboxylic acids is 1. The number of hydrogen-bond acceptors (Lipinski definition) is 3. The van der Waals surface area contributed by atoms with Crippen molar-refractivity contribution in [1.82, 2.24) is 5.32 Å². The number of carbonyl (C=O) groups is 2. The van der Waals surface area contributed by atoms with E-state index in [0.29, 0.717) is 11.0 Å². The van der Waals surface area contributed by atoms with Crippen molar-refractivity contribution in [3.8, 4) is 0 Å². The third-order valence-electron chi connectivity index (χ3n) is 2.41. The summed E-state index contributed by atoms with van der Waals surface area (Å²) in [6.45, 7) is 5.21. The molecular weight excluding hydrogens is 257 g/mol. The Morgan fingerprint density at radius 3 is 2.30 bits per heavy atom. The van der Waals surface area contributed by atoms with Crippen LogP contribution in [0.5, 0.6) is 0 Å². The molecule has 1 aromatic rings. The molecule has 0 spiro atoms. The van der Waals surface area contributed by atoms with E-state index < -0.39 is 23.7 Å². The molecule has 1 rings (SSSR count). The number of amides is 1. The Labute approximate surface area is 119 Å². The monoisotopic (exact) mass is 275 g/mol. The molecule has 1 amide bonds. The molecule has 0 aliphatic heterocycles. The first-order valence-corrected chi connectivity index (χ1v) is 6.24. The second-order valence-electron chi connectivity index (χ2n) is 5.46. The molecule has 0 aliphatic rings. The highest BCUT2D eigenvalue weighted by Gasteiger charge is 2.22. The first-order chi connectivity index (χ1) is 9.17. The Hall–Kier alpha value is -1.98. The summed E-state index contributed by atoms with van der Waals surface area (Å²) in [4.78, 5) is 22.6. The first-order valence-electron chi connectivity index (χ1n) is 6.24. The molecule has 0 fully saturated rings. The van der Waals surface area contributed by atoms with Gasteiger partial charge in [0.05, 0.1) is 12.5 Å². The van der Waals surface area contributed by atoms with Crippen molar-refractivity contribution in [3.05, 3.63) is 29.8 Å². The minimum atomic E-state index is -1.01. The lowest BCUT2D eigenvalue weighted by Crippen LogP contribution is -2.35. The number of alkyl carbamates (subject to hydrolysis) is 1. The van der Waals surface area contributed by atoms with Gasteiger partial charge in [-0.05, 0) is 26.3 Å². The van der Waals surface area contributed by atoms with E-state index in [1.54, 1.807) is 45.0 Å². The fourth-order valence-corrected chi connectivity index (χ4v) is 1.60. The Balaban J connectivity index is 2.82. The van der Waals surface area contributed by atoms with Gasteiger partial charge in [-0.15, -0.1) is 0 Å². The van der Waals surface area contributed by atoms with E-state index >= 15 is 0 Å². The Morgan fingerprint density at radius 2 is 1.85 bits per heavy atom. The number of nitrogens with one attached hydrogen (secondary N) is 1. The summed E-state index contributed by atoms with van der Waals surface area (Å²) >= 11 is 0. The number of carboxylic acids is 1. The van der Waals surface area contributed by atoms with Gasteiger partial charge in [-0.1, -0.05) is 29.7 Å².